The number of halogens is 2. The number of primary sulfonamides is 1. The quantitative estimate of drug-likeness (QED) is 0.917. The first kappa shape index (κ1) is 15.9. The molecule has 8 heteroatoms. The van der Waals surface area contributed by atoms with E-state index in [4.69, 9.17) is 16.7 Å². The van der Waals surface area contributed by atoms with Gasteiger partial charge in [0.15, 0.2) is 0 Å². The zero-order valence-electron chi connectivity index (χ0n) is 10.5. The van der Waals surface area contributed by atoms with Gasteiger partial charge in [-0.3, -0.25) is 4.79 Å². The fraction of sp³-hybridized carbons (Fsp3) is 0.364. The van der Waals surface area contributed by atoms with Crippen molar-refractivity contribution >= 4 is 27.5 Å². The van der Waals surface area contributed by atoms with Crippen LogP contribution in [-0.2, 0) is 10.0 Å². The Balaban J connectivity index is 3.35. The molecule has 0 saturated heterocycles. The van der Waals surface area contributed by atoms with Crippen molar-refractivity contribution in [2.45, 2.75) is 18.2 Å². The van der Waals surface area contributed by atoms with Crippen LogP contribution in [0.15, 0.2) is 17.0 Å². The highest BCUT2D eigenvalue weighted by Gasteiger charge is 2.21. The second-order valence-electron chi connectivity index (χ2n) is 4.04. The molecular weight excluding hydrogens is 295 g/mol. The van der Waals surface area contributed by atoms with Gasteiger partial charge in [0.1, 0.15) is 5.82 Å². The Morgan fingerprint density at radius 1 is 1.47 bits per heavy atom. The van der Waals surface area contributed by atoms with E-state index in [0.29, 0.717) is 19.0 Å². The fourth-order valence-electron chi connectivity index (χ4n) is 1.53. The molecule has 0 heterocycles. The molecule has 1 rings (SSSR count). The van der Waals surface area contributed by atoms with E-state index < -0.39 is 31.7 Å². The van der Waals surface area contributed by atoms with Crippen molar-refractivity contribution in [2.75, 3.05) is 13.6 Å². The van der Waals surface area contributed by atoms with E-state index in [0.717, 1.165) is 6.07 Å². The molecule has 1 amide bonds. The van der Waals surface area contributed by atoms with Crippen LogP contribution in [-0.4, -0.2) is 32.8 Å². The standard InChI is InChI=1S/C11H14ClFN2O3S/c1-3-4-15(2)11(16)8-5-7(19(14,17)18)6-9(13)10(8)12/h5-6H,3-4H2,1-2H3,(H2,14,17,18). The number of amides is 1. The van der Waals surface area contributed by atoms with Gasteiger partial charge in [0.25, 0.3) is 5.91 Å². The Morgan fingerprint density at radius 2 is 2.05 bits per heavy atom. The third kappa shape index (κ3) is 3.65. The van der Waals surface area contributed by atoms with Gasteiger partial charge in [-0.15, -0.1) is 0 Å². The minimum atomic E-state index is -4.11. The number of sulfonamides is 1. The Kier molecular flexibility index (Phi) is 4.89. The van der Waals surface area contributed by atoms with Crippen molar-refractivity contribution in [1.82, 2.24) is 4.90 Å². The summed E-state index contributed by atoms with van der Waals surface area (Å²) < 4.78 is 36.0. The van der Waals surface area contributed by atoms with E-state index in [9.17, 15) is 17.6 Å². The molecule has 5 nitrogen and oxygen atoms in total. The largest absolute Gasteiger partial charge is 0.342 e. The minimum Gasteiger partial charge on any atom is -0.342 e. The summed E-state index contributed by atoms with van der Waals surface area (Å²) in [6, 6.07) is 1.67. The van der Waals surface area contributed by atoms with Gasteiger partial charge in [-0.1, -0.05) is 18.5 Å². The highest BCUT2D eigenvalue weighted by Crippen LogP contribution is 2.25. The van der Waals surface area contributed by atoms with Gasteiger partial charge in [0.05, 0.1) is 15.5 Å². The van der Waals surface area contributed by atoms with Gasteiger partial charge < -0.3 is 4.90 Å². The third-order valence-electron chi connectivity index (χ3n) is 2.47. The number of benzene rings is 1. The molecule has 0 atom stereocenters. The molecule has 0 aliphatic heterocycles. The number of nitrogens with two attached hydrogens (primary N) is 1. The molecule has 2 N–H and O–H groups in total. The van der Waals surface area contributed by atoms with E-state index in [1.54, 1.807) is 0 Å². The maximum Gasteiger partial charge on any atom is 0.255 e. The van der Waals surface area contributed by atoms with Crippen molar-refractivity contribution < 1.29 is 17.6 Å². The first-order valence-electron chi connectivity index (χ1n) is 5.45. The van der Waals surface area contributed by atoms with Crippen LogP contribution < -0.4 is 5.14 Å². The number of carbonyl (C=O) groups excluding carboxylic acids is 1. The summed E-state index contributed by atoms with van der Waals surface area (Å²) in [4.78, 5) is 12.9. The summed E-state index contributed by atoms with van der Waals surface area (Å²) in [5.41, 5.74) is -0.221. The Morgan fingerprint density at radius 3 is 2.53 bits per heavy atom. The van der Waals surface area contributed by atoms with E-state index in [-0.39, 0.29) is 5.56 Å². The molecular formula is C11H14ClFN2O3S. The van der Waals surface area contributed by atoms with Crippen LogP contribution in [0.3, 0.4) is 0 Å². The molecule has 0 spiro atoms. The molecule has 0 radical (unpaired) electrons. The van der Waals surface area contributed by atoms with Crippen LogP contribution in [0, 0.1) is 5.82 Å². The zero-order chi connectivity index (χ0) is 14.8. The second kappa shape index (κ2) is 5.85. The van der Waals surface area contributed by atoms with Crippen LogP contribution in [0.25, 0.3) is 0 Å². The van der Waals surface area contributed by atoms with Crippen molar-refractivity contribution in [2.24, 2.45) is 5.14 Å². The number of hydrogen-bond acceptors (Lipinski definition) is 3. The summed E-state index contributed by atoms with van der Waals surface area (Å²) in [5.74, 6) is -1.56. The molecule has 0 fully saturated rings. The molecule has 0 bridgehead atoms. The maximum atomic E-state index is 13.6. The first-order chi connectivity index (χ1) is 8.68. The van der Waals surface area contributed by atoms with Crippen molar-refractivity contribution in [3.8, 4) is 0 Å². The molecule has 1 aromatic rings. The van der Waals surface area contributed by atoms with Gasteiger partial charge in [-0.2, -0.15) is 0 Å². The van der Waals surface area contributed by atoms with Crippen LogP contribution in [0.4, 0.5) is 4.39 Å². The molecule has 0 aliphatic carbocycles. The summed E-state index contributed by atoms with van der Waals surface area (Å²) >= 11 is 5.70. The Hall–Kier alpha value is -1.18. The van der Waals surface area contributed by atoms with Gasteiger partial charge in [0, 0.05) is 13.6 Å². The summed E-state index contributed by atoms with van der Waals surface area (Å²) in [5, 5.41) is 4.50. The topological polar surface area (TPSA) is 80.5 Å². The predicted molar refractivity (Wildman–Crippen MR) is 70.0 cm³/mol. The Bertz CT molecular complexity index is 604. The summed E-state index contributed by atoms with van der Waals surface area (Å²) in [7, 11) is -2.59. The van der Waals surface area contributed by atoms with Gasteiger partial charge in [-0.25, -0.2) is 17.9 Å². The highest BCUT2D eigenvalue weighted by atomic mass is 35.5. The van der Waals surface area contributed by atoms with E-state index in [2.05, 4.69) is 0 Å². The average Bonchev–Trinajstić information content (AvgIpc) is 2.30. The van der Waals surface area contributed by atoms with Crippen LogP contribution in [0.5, 0.6) is 0 Å². The normalized spacial score (nSPS) is 11.4. The lowest BCUT2D eigenvalue weighted by Gasteiger charge is -2.17. The molecule has 0 aromatic heterocycles. The SMILES string of the molecule is CCCN(C)C(=O)c1cc(S(N)(=O)=O)cc(F)c1Cl. The van der Waals surface area contributed by atoms with Crippen molar-refractivity contribution in [1.29, 1.82) is 0 Å². The number of nitrogens with zero attached hydrogens (tertiary/aromatic N) is 1. The van der Waals surface area contributed by atoms with Gasteiger partial charge in [-0.05, 0) is 18.6 Å². The lowest BCUT2D eigenvalue weighted by Crippen LogP contribution is -2.28. The summed E-state index contributed by atoms with van der Waals surface area (Å²) in [6.45, 7) is 2.31. The lowest BCUT2D eigenvalue weighted by atomic mass is 10.2. The zero-order valence-corrected chi connectivity index (χ0v) is 12.1. The minimum absolute atomic E-state index is 0.221. The smallest absolute Gasteiger partial charge is 0.255 e. The van der Waals surface area contributed by atoms with E-state index >= 15 is 0 Å². The van der Waals surface area contributed by atoms with E-state index in [1.165, 1.54) is 11.9 Å². The molecule has 0 saturated carbocycles. The number of carbonyl (C=O) groups is 1. The average molecular weight is 309 g/mol. The molecule has 19 heavy (non-hydrogen) atoms. The molecule has 0 unspecified atom stereocenters. The molecule has 0 aliphatic rings. The highest BCUT2D eigenvalue weighted by molar-refractivity contribution is 7.89. The molecule has 106 valence electrons. The van der Waals surface area contributed by atoms with Crippen LogP contribution >= 0.6 is 11.6 Å². The molecule has 1 aromatic carbocycles. The van der Waals surface area contributed by atoms with E-state index in [1.807, 2.05) is 6.92 Å². The number of hydrogen-bond donors (Lipinski definition) is 1. The first-order valence-corrected chi connectivity index (χ1v) is 7.38. The third-order valence-corrected chi connectivity index (χ3v) is 3.74. The lowest BCUT2D eigenvalue weighted by molar-refractivity contribution is 0.0794. The van der Waals surface area contributed by atoms with Crippen LogP contribution in [0.1, 0.15) is 23.7 Å². The predicted octanol–water partition coefficient (Wildman–Crippen LogP) is 1.61. The summed E-state index contributed by atoms with van der Waals surface area (Å²) in [6.07, 6.45) is 0.706. The van der Waals surface area contributed by atoms with Gasteiger partial charge >= 0.3 is 0 Å². The van der Waals surface area contributed by atoms with Crippen molar-refractivity contribution in [3.63, 3.8) is 0 Å². The van der Waals surface area contributed by atoms with Crippen LogP contribution in [0.2, 0.25) is 5.02 Å². The van der Waals surface area contributed by atoms with Gasteiger partial charge in [0.2, 0.25) is 10.0 Å². The maximum absolute atomic E-state index is 13.6. The monoisotopic (exact) mass is 308 g/mol. The van der Waals surface area contributed by atoms with Crippen molar-refractivity contribution in [3.05, 3.63) is 28.5 Å². The fourth-order valence-corrected chi connectivity index (χ4v) is 2.27. The number of rotatable bonds is 4. The second-order valence-corrected chi connectivity index (χ2v) is 5.98. The Labute approximate surface area is 116 Å².